The molecule has 180 valence electrons. The molecule has 1 heterocycles. The van der Waals surface area contributed by atoms with Crippen LogP contribution in [-0.4, -0.2) is 31.8 Å². The lowest BCUT2D eigenvalue weighted by molar-refractivity contribution is -0.119. The molecule has 2 fully saturated rings. The molecule has 1 N–H and O–H groups in total. The van der Waals surface area contributed by atoms with E-state index in [1.807, 2.05) is 6.92 Å². The number of nitrogens with zero attached hydrogens (tertiary/aromatic N) is 3. The van der Waals surface area contributed by atoms with E-state index in [2.05, 4.69) is 60.7 Å². The zero-order chi connectivity index (χ0) is 23.7. The normalized spacial score (nSPS) is 22.3. The van der Waals surface area contributed by atoms with E-state index in [0.717, 1.165) is 41.9 Å². The van der Waals surface area contributed by atoms with Crippen LogP contribution in [0.5, 0.6) is 0 Å². The molecule has 2 saturated carbocycles. The van der Waals surface area contributed by atoms with E-state index in [4.69, 9.17) is 0 Å². The number of Topliss-reactive ketones (excluding diaryl/α,β-unsaturated/α-hetero) is 1. The number of rotatable bonds is 11. The van der Waals surface area contributed by atoms with Crippen molar-refractivity contribution in [2.75, 3.05) is 0 Å². The largest absolute Gasteiger partial charge is 0.393 e. The number of aliphatic hydroxyl groups is 1. The van der Waals surface area contributed by atoms with Gasteiger partial charge in [0.15, 0.2) is 0 Å². The van der Waals surface area contributed by atoms with Crippen LogP contribution in [0, 0.1) is 25.7 Å². The Labute approximate surface area is 199 Å². The number of hydrogen-bond donors (Lipinski definition) is 1. The van der Waals surface area contributed by atoms with E-state index >= 15 is 0 Å². The summed E-state index contributed by atoms with van der Waals surface area (Å²) in [4.78, 5) is 13.1. The smallest absolute Gasteiger partial charge is 0.138 e. The van der Waals surface area contributed by atoms with E-state index in [-0.39, 0.29) is 11.7 Å². The first-order chi connectivity index (χ1) is 15.7. The molecule has 4 rings (SSSR count). The van der Waals surface area contributed by atoms with Crippen molar-refractivity contribution in [1.29, 1.82) is 0 Å². The van der Waals surface area contributed by atoms with E-state index < -0.39 is 6.10 Å². The highest BCUT2D eigenvalue weighted by molar-refractivity contribution is 5.82. The summed E-state index contributed by atoms with van der Waals surface area (Å²) in [6.07, 6.45) is 6.94. The van der Waals surface area contributed by atoms with Crippen LogP contribution < -0.4 is 0 Å². The van der Waals surface area contributed by atoms with Crippen molar-refractivity contribution in [3.63, 3.8) is 0 Å². The number of aliphatic hydroxyl groups excluding tert-OH is 1. The summed E-state index contributed by atoms with van der Waals surface area (Å²) in [5.41, 5.74) is 3.48. The number of carbonyl (C=O) groups excluding carboxylic acids is 1. The van der Waals surface area contributed by atoms with Crippen LogP contribution in [0.1, 0.15) is 112 Å². The summed E-state index contributed by atoms with van der Waals surface area (Å²) in [6, 6.07) is 6.75. The van der Waals surface area contributed by atoms with Crippen molar-refractivity contribution in [3.8, 4) is 0 Å². The maximum Gasteiger partial charge on any atom is 0.138 e. The molecule has 1 aromatic carbocycles. The highest BCUT2D eigenvalue weighted by atomic mass is 16.3. The third-order valence-corrected chi connectivity index (χ3v) is 7.42. The second-order valence-electron chi connectivity index (χ2n) is 11.3. The second kappa shape index (κ2) is 10.1. The molecule has 0 radical (unpaired) electrons. The van der Waals surface area contributed by atoms with Crippen molar-refractivity contribution < 1.29 is 9.90 Å². The van der Waals surface area contributed by atoms with Crippen LogP contribution in [0.25, 0.3) is 0 Å². The minimum absolute atomic E-state index is 0.0864. The Hall–Kier alpha value is -2.01. The number of hydrogen-bond acceptors (Lipinski definition) is 4. The van der Waals surface area contributed by atoms with Crippen LogP contribution in [0.2, 0.25) is 0 Å². The molecule has 2 aliphatic carbocycles. The third kappa shape index (κ3) is 5.92. The first kappa shape index (κ1) is 24.1. The van der Waals surface area contributed by atoms with Crippen LogP contribution in [0.4, 0.5) is 0 Å². The quantitative estimate of drug-likeness (QED) is 0.467. The number of benzene rings is 1. The van der Waals surface area contributed by atoms with Crippen LogP contribution in [0.3, 0.4) is 0 Å². The van der Waals surface area contributed by atoms with Gasteiger partial charge in [0.25, 0.3) is 0 Å². The standard InChI is InChI=1S/C28H41N3O2/c1-17(2)10-21-13-24(14-21)28-30-29-27(31(28)25-8-9-25)23(12-20(5)32)16-26(33)15-22-7-6-18(3)11-19(22)4/h6-7,11,17,20-21,23-25,32H,8-10,12-16H2,1-5H3/t20-,21?,23+,24?/m0/s1. The summed E-state index contributed by atoms with van der Waals surface area (Å²) in [5.74, 6) is 4.21. The lowest BCUT2D eigenvalue weighted by Crippen LogP contribution is -2.26. The lowest BCUT2D eigenvalue weighted by atomic mass is 9.71. The average Bonchev–Trinajstić information content (AvgIpc) is 3.44. The number of aryl methyl sites for hydroxylation is 2. The zero-order valence-corrected chi connectivity index (χ0v) is 21.1. The minimum atomic E-state index is -0.476. The SMILES string of the molecule is Cc1ccc(CC(=O)C[C@@H](C[C@H](C)O)c2nnc(C3CC(CC(C)C)C3)n2C2CC2)c(C)c1. The van der Waals surface area contributed by atoms with Crippen LogP contribution in [0.15, 0.2) is 18.2 Å². The molecule has 0 amide bonds. The van der Waals surface area contributed by atoms with Crippen LogP contribution >= 0.6 is 0 Å². The highest BCUT2D eigenvalue weighted by Gasteiger charge is 2.39. The molecule has 2 aromatic rings. The molecule has 0 bridgehead atoms. The number of aromatic nitrogens is 3. The van der Waals surface area contributed by atoms with Gasteiger partial charge < -0.3 is 9.67 Å². The van der Waals surface area contributed by atoms with Gasteiger partial charge in [0.05, 0.1) is 6.10 Å². The molecule has 33 heavy (non-hydrogen) atoms. The van der Waals surface area contributed by atoms with Gasteiger partial charge in [-0.15, -0.1) is 10.2 Å². The van der Waals surface area contributed by atoms with Gasteiger partial charge in [-0.05, 0) is 82.3 Å². The molecular formula is C28H41N3O2. The fraction of sp³-hybridized carbons (Fsp3) is 0.679. The van der Waals surface area contributed by atoms with Gasteiger partial charge in [-0.25, -0.2) is 0 Å². The Morgan fingerprint density at radius 3 is 2.48 bits per heavy atom. The molecule has 0 spiro atoms. The maximum atomic E-state index is 13.1. The Morgan fingerprint density at radius 1 is 1.15 bits per heavy atom. The molecular weight excluding hydrogens is 410 g/mol. The fourth-order valence-corrected chi connectivity index (χ4v) is 5.68. The minimum Gasteiger partial charge on any atom is -0.393 e. The Bertz CT molecular complexity index is 968. The molecule has 0 unspecified atom stereocenters. The van der Waals surface area contributed by atoms with Crippen molar-refractivity contribution in [2.45, 2.75) is 110 Å². The monoisotopic (exact) mass is 451 g/mol. The van der Waals surface area contributed by atoms with E-state index in [1.54, 1.807) is 0 Å². The summed E-state index contributed by atoms with van der Waals surface area (Å²) in [7, 11) is 0. The van der Waals surface area contributed by atoms with Gasteiger partial charge in [0.1, 0.15) is 17.4 Å². The van der Waals surface area contributed by atoms with Crippen molar-refractivity contribution in [2.24, 2.45) is 11.8 Å². The van der Waals surface area contributed by atoms with E-state index in [9.17, 15) is 9.90 Å². The van der Waals surface area contributed by atoms with Gasteiger partial charge in [-0.2, -0.15) is 0 Å². The molecule has 5 heteroatoms. The molecule has 5 nitrogen and oxygen atoms in total. The molecule has 2 atom stereocenters. The highest BCUT2D eigenvalue weighted by Crippen LogP contribution is 2.48. The predicted molar refractivity (Wildman–Crippen MR) is 131 cm³/mol. The lowest BCUT2D eigenvalue weighted by Gasteiger charge is -2.36. The fourth-order valence-electron chi connectivity index (χ4n) is 5.68. The Morgan fingerprint density at radius 2 is 1.88 bits per heavy atom. The Kier molecular flexibility index (Phi) is 7.37. The third-order valence-electron chi connectivity index (χ3n) is 7.42. The first-order valence-corrected chi connectivity index (χ1v) is 12.9. The van der Waals surface area contributed by atoms with Gasteiger partial charge in [-0.1, -0.05) is 37.6 Å². The summed E-state index contributed by atoms with van der Waals surface area (Å²) >= 11 is 0. The Balaban J connectivity index is 1.51. The molecule has 1 aromatic heterocycles. The number of carbonyl (C=O) groups is 1. The molecule has 0 aliphatic heterocycles. The van der Waals surface area contributed by atoms with Crippen LogP contribution in [-0.2, 0) is 11.2 Å². The molecule has 2 aliphatic rings. The summed E-state index contributed by atoms with van der Waals surface area (Å²) in [5, 5.41) is 19.6. The van der Waals surface area contributed by atoms with E-state index in [0.29, 0.717) is 31.2 Å². The zero-order valence-electron chi connectivity index (χ0n) is 21.1. The number of ketones is 1. The average molecular weight is 452 g/mol. The van der Waals surface area contributed by atoms with Crippen molar-refractivity contribution in [1.82, 2.24) is 14.8 Å². The summed E-state index contributed by atoms with van der Waals surface area (Å²) < 4.78 is 2.37. The van der Waals surface area contributed by atoms with Gasteiger partial charge in [0.2, 0.25) is 0 Å². The van der Waals surface area contributed by atoms with Crippen molar-refractivity contribution in [3.05, 3.63) is 46.5 Å². The first-order valence-electron chi connectivity index (χ1n) is 12.9. The predicted octanol–water partition coefficient (Wildman–Crippen LogP) is 5.83. The maximum absolute atomic E-state index is 13.1. The van der Waals surface area contributed by atoms with Gasteiger partial charge >= 0.3 is 0 Å². The van der Waals surface area contributed by atoms with E-state index in [1.165, 1.54) is 30.4 Å². The topological polar surface area (TPSA) is 68.0 Å². The molecule has 0 saturated heterocycles. The second-order valence-corrected chi connectivity index (χ2v) is 11.3. The van der Waals surface area contributed by atoms with Gasteiger partial charge in [-0.3, -0.25) is 4.79 Å². The summed E-state index contributed by atoms with van der Waals surface area (Å²) in [6.45, 7) is 10.6. The van der Waals surface area contributed by atoms with Gasteiger partial charge in [0, 0.05) is 30.7 Å². The van der Waals surface area contributed by atoms with Crippen molar-refractivity contribution >= 4 is 5.78 Å².